The van der Waals surface area contributed by atoms with E-state index in [9.17, 15) is 5.11 Å². The van der Waals surface area contributed by atoms with Crippen molar-refractivity contribution in [2.24, 2.45) is 0 Å². The third-order valence-electron chi connectivity index (χ3n) is 3.29. The third-order valence-corrected chi connectivity index (χ3v) is 3.29. The first kappa shape index (κ1) is 11.6. The molecule has 0 heterocycles. The van der Waals surface area contributed by atoms with Gasteiger partial charge < -0.3 is 9.84 Å². The second-order valence-corrected chi connectivity index (χ2v) is 4.94. The fourth-order valence-corrected chi connectivity index (χ4v) is 2.17. The van der Waals surface area contributed by atoms with Gasteiger partial charge in [0.15, 0.2) is 0 Å². The van der Waals surface area contributed by atoms with Gasteiger partial charge in [0.25, 0.3) is 0 Å². The van der Waals surface area contributed by atoms with Crippen LogP contribution >= 0.6 is 0 Å². The van der Waals surface area contributed by atoms with Crippen molar-refractivity contribution in [1.82, 2.24) is 0 Å². The number of aliphatic hydroxyl groups is 1. The van der Waals surface area contributed by atoms with Crippen LogP contribution < -0.4 is 0 Å². The zero-order valence-electron chi connectivity index (χ0n) is 10.1. The summed E-state index contributed by atoms with van der Waals surface area (Å²) in [7, 11) is 1.80. The van der Waals surface area contributed by atoms with E-state index in [2.05, 4.69) is 24.3 Å². The standard InChI is InChI=1S/C14H20O2/c1-11(15)8-12-4-3-5-13(9-12)10-14(16-2)6-7-14/h3-5,9,11,15H,6-8,10H2,1-2H3. The smallest absolute Gasteiger partial charge is 0.0721 e. The van der Waals surface area contributed by atoms with Crippen molar-refractivity contribution in [3.05, 3.63) is 35.4 Å². The molecule has 1 saturated carbocycles. The Morgan fingerprint density at radius 1 is 1.38 bits per heavy atom. The SMILES string of the molecule is COC1(Cc2cccc(CC(C)O)c2)CC1. The van der Waals surface area contributed by atoms with Crippen molar-refractivity contribution in [2.45, 2.75) is 44.3 Å². The summed E-state index contributed by atoms with van der Waals surface area (Å²) in [4.78, 5) is 0. The highest BCUT2D eigenvalue weighted by Crippen LogP contribution is 2.41. The molecule has 1 aromatic rings. The Morgan fingerprint density at radius 2 is 2.06 bits per heavy atom. The minimum absolute atomic E-state index is 0.115. The predicted octanol–water partition coefficient (Wildman–Crippen LogP) is 2.33. The van der Waals surface area contributed by atoms with Gasteiger partial charge in [0.1, 0.15) is 0 Å². The van der Waals surface area contributed by atoms with Crippen LogP contribution in [0.15, 0.2) is 24.3 Å². The fraction of sp³-hybridized carbons (Fsp3) is 0.571. The molecular weight excluding hydrogens is 200 g/mol. The Hall–Kier alpha value is -0.860. The van der Waals surface area contributed by atoms with Gasteiger partial charge in [-0.1, -0.05) is 24.3 Å². The molecule has 0 aromatic heterocycles. The zero-order valence-corrected chi connectivity index (χ0v) is 10.1. The maximum Gasteiger partial charge on any atom is 0.0721 e. The summed E-state index contributed by atoms with van der Waals surface area (Å²) in [6.45, 7) is 1.82. The molecule has 88 valence electrons. The molecule has 0 bridgehead atoms. The summed E-state index contributed by atoms with van der Waals surface area (Å²) in [5.74, 6) is 0. The summed E-state index contributed by atoms with van der Waals surface area (Å²) in [6.07, 6.45) is 3.80. The highest BCUT2D eigenvalue weighted by atomic mass is 16.5. The summed E-state index contributed by atoms with van der Waals surface area (Å²) in [5, 5.41) is 9.36. The van der Waals surface area contributed by atoms with Crippen molar-refractivity contribution in [2.75, 3.05) is 7.11 Å². The largest absolute Gasteiger partial charge is 0.393 e. The highest BCUT2D eigenvalue weighted by Gasteiger charge is 2.42. The lowest BCUT2D eigenvalue weighted by atomic mass is 10.0. The Kier molecular flexibility index (Phi) is 3.31. The van der Waals surface area contributed by atoms with Crippen molar-refractivity contribution < 1.29 is 9.84 Å². The average Bonchev–Trinajstić information content (AvgIpc) is 2.98. The van der Waals surface area contributed by atoms with Gasteiger partial charge in [-0.2, -0.15) is 0 Å². The molecule has 0 spiro atoms. The van der Waals surface area contributed by atoms with Crippen LogP contribution in [-0.2, 0) is 17.6 Å². The molecule has 2 nitrogen and oxygen atoms in total. The van der Waals surface area contributed by atoms with E-state index in [0.717, 1.165) is 12.8 Å². The Bertz CT molecular complexity index is 354. The van der Waals surface area contributed by atoms with Crippen LogP contribution in [0.1, 0.15) is 30.9 Å². The maximum absolute atomic E-state index is 9.36. The molecule has 2 rings (SSSR count). The van der Waals surface area contributed by atoms with Gasteiger partial charge in [-0.15, -0.1) is 0 Å². The first-order chi connectivity index (χ1) is 7.63. The van der Waals surface area contributed by atoms with E-state index in [0.29, 0.717) is 0 Å². The molecule has 1 aliphatic rings. The van der Waals surface area contributed by atoms with Gasteiger partial charge in [0.05, 0.1) is 11.7 Å². The first-order valence-electron chi connectivity index (χ1n) is 5.95. The monoisotopic (exact) mass is 220 g/mol. The number of rotatable bonds is 5. The molecule has 0 radical (unpaired) electrons. The number of ether oxygens (including phenoxy) is 1. The molecule has 1 aliphatic carbocycles. The number of aliphatic hydroxyl groups excluding tert-OH is 1. The average molecular weight is 220 g/mol. The van der Waals surface area contributed by atoms with Gasteiger partial charge in [-0.05, 0) is 37.3 Å². The second-order valence-electron chi connectivity index (χ2n) is 4.94. The lowest BCUT2D eigenvalue weighted by molar-refractivity contribution is 0.0807. The van der Waals surface area contributed by atoms with Crippen molar-refractivity contribution in [1.29, 1.82) is 0 Å². The number of methoxy groups -OCH3 is 1. The summed E-state index contributed by atoms with van der Waals surface area (Å²) >= 11 is 0. The Morgan fingerprint density at radius 3 is 2.62 bits per heavy atom. The molecule has 0 aliphatic heterocycles. The van der Waals surface area contributed by atoms with Gasteiger partial charge in [0, 0.05) is 13.5 Å². The summed E-state index contributed by atoms with van der Waals surface area (Å²) < 4.78 is 5.52. The van der Waals surface area contributed by atoms with Gasteiger partial charge in [-0.3, -0.25) is 0 Å². The van der Waals surface area contributed by atoms with Crippen molar-refractivity contribution >= 4 is 0 Å². The van der Waals surface area contributed by atoms with E-state index < -0.39 is 0 Å². The molecule has 2 heteroatoms. The molecule has 1 unspecified atom stereocenters. The topological polar surface area (TPSA) is 29.5 Å². The van der Waals surface area contributed by atoms with E-state index in [1.807, 2.05) is 6.92 Å². The number of benzene rings is 1. The Balaban J connectivity index is 2.04. The molecule has 1 atom stereocenters. The molecule has 1 fully saturated rings. The number of hydrogen-bond donors (Lipinski definition) is 1. The zero-order chi connectivity index (χ0) is 11.6. The Labute approximate surface area is 97.3 Å². The predicted molar refractivity (Wildman–Crippen MR) is 64.5 cm³/mol. The van der Waals surface area contributed by atoms with E-state index >= 15 is 0 Å². The van der Waals surface area contributed by atoms with E-state index in [1.54, 1.807) is 7.11 Å². The van der Waals surface area contributed by atoms with Crippen molar-refractivity contribution in [3.8, 4) is 0 Å². The van der Waals surface area contributed by atoms with Gasteiger partial charge in [0.2, 0.25) is 0 Å². The van der Waals surface area contributed by atoms with Crippen LogP contribution in [0.3, 0.4) is 0 Å². The molecule has 0 amide bonds. The van der Waals surface area contributed by atoms with E-state index in [4.69, 9.17) is 4.74 Å². The number of hydrogen-bond acceptors (Lipinski definition) is 2. The van der Waals surface area contributed by atoms with Crippen LogP contribution in [0.25, 0.3) is 0 Å². The lowest BCUT2D eigenvalue weighted by Gasteiger charge is -2.14. The quantitative estimate of drug-likeness (QED) is 0.825. The summed E-state index contributed by atoms with van der Waals surface area (Å²) in [5.41, 5.74) is 2.64. The normalized spacial score (nSPS) is 19.4. The summed E-state index contributed by atoms with van der Waals surface area (Å²) in [6, 6.07) is 8.47. The fourth-order valence-electron chi connectivity index (χ4n) is 2.17. The molecule has 1 aromatic carbocycles. The molecule has 1 N–H and O–H groups in total. The van der Waals surface area contributed by atoms with Crippen molar-refractivity contribution in [3.63, 3.8) is 0 Å². The van der Waals surface area contributed by atoms with Crippen LogP contribution in [0.4, 0.5) is 0 Å². The van der Waals surface area contributed by atoms with E-state index in [1.165, 1.54) is 24.0 Å². The third kappa shape index (κ3) is 2.83. The van der Waals surface area contributed by atoms with Gasteiger partial charge >= 0.3 is 0 Å². The van der Waals surface area contributed by atoms with Crippen LogP contribution in [-0.4, -0.2) is 23.9 Å². The minimum Gasteiger partial charge on any atom is -0.393 e. The van der Waals surface area contributed by atoms with Crippen LogP contribution in [0.5, 0.6) is 0 Å². The second kappa shape index (κ2) is 4.56. The molecular formula is C14H20O2. The van der Waals surface area contributed by atoms with Gasteiger partial charge in [-0.25, -0.2) is 0 Å². The van der Waals surface area contributed by atoms with Crippen LogP contribution in [0, 0.1) is 0 Å². The first-order valence-corrected chi connectivity index (χ1v) is 5.95. The molecule has 16 heavy (non-hydrogen) atoms. The lowest BCUT2D eigenvalue weighted by Crippen LogP contribution is -2.15. The van der Waals surface area contributed by atoms with Crippen LogP contribution in [0.2, 0.25) is 0 Å². The molecule has 0 saturated heterocycles. The highest BCUT2D eigenvalue weighted by molar-refractivity contribution is 5.26. The van der Waals surface area contributed by atoms with E-state index in [-0.39, 0.29) is 11.7 Å². The minimum atomic E-state index is -0.271. The maximum atomic E-state index is 9.36.